The molecule has 10 heteroatoms. The van der Waals surface area contributed by atoms with Crippen molar-refractivity contribution in [3.63, 3.8) is 0 Å². The summed E-state index contributed by atoms with van der Waals surface area (Å²) in [6.07, 6.45) is 5.59. The summed E-state index contributed by atoms with van der Waals surface area (Å²) in [6.45, 7) is 4.87. The molecule has 1 aromatic carbocycles. The van der Waals surface area contributed by atoms with E-state index in [0.29, 0.717) is 36.8 Å². The molecule has 0 bridgehead atoms. The van der Waals surface area contributed by atoms with Gasteiger partial charge in [-0.15, -0.1) is 0 Å². The summed E-state index contributed by atoms with van der Waals surface area (Å²) in [5.41, 5.74) is 1.99. The predicted molar refractivity (Wildman–Crippen MR) is 120 cm³/mol. The van der Waals surface area contributed by atoms with Gasteiger partial charge < -0.3 is 14.6 Å². The van der Waals surface area contributed by atoms with Crippen LogP contribution in [0.1, 0.15) is 42.9 Å². The number of anilines is 2. The lowest BCUT2D eigenvalue weighted by atomic mass is 10.2. The van der Waals surface area contributed by atoms with Crippen molar-refractivity contribution in [1.29, 1.82) is 0 Å². The quantitative estimate of drug-likeness (QED) is 0.577. The Morgan fingerprint density at radius 3 is 2.75 bits per heavy atom. The van der Waals surface area contributed by atoms with Gasteiger partial charge in [0.05, 0.1) is 24.1 Å². The summed E-state index contributed by atoms with van der Waals surface area (Å²) in [7, 11) is 0. The molecule has 2 aliphatic rings. The van der Waals surface area contributed by atoms with Crippen LogP contribution in [0, 0.1) is 12.8 Å². The second-order valence-electron chi connectivity index (χ2n) is 8.32. The molecule has 1 saturated heterocycles. The second-order valence-corrected chi connectivity index (χ2v) is 8.76. The molecule has 9 nitrogen and oxygen atoms in total. The first kappa shape index (κ1) is 20.7. The molecule has 0 spiro atoms. The molecule has 0 radical (unpaired) electrons. The van der Waals surface area contributed by atoms with Gasteiger partial charge in [0.15, 0.2) is 0 Å². The number of nitrogens with zero attached hydrogens (tertiary/aromatic N) is 6. The minimum atomic E-state index is -0.396. The summed E-state index contributed by atoms with van der Waals surface area (Å²) in [4.78, 5) is 31.7. The number of hydrogen-bond acceptors (Lipinski definition) is 7. The third kappa shape index (κ3) is 4.38. The van der Waals surface area contributed by atoms with Gasteiger partial charge in [0.1, 0.15) is 12.4 Å². The monoisotopic (exact) mass is 453 g/mol. The van der Waals surface area contributed by atoms with Gasteiger partial charge in [0, 0.05) is 17.8 Å². The van der Waals surface area contributed by atoms with Crippen LogP contribution in [0.25, 0.3) is 0 Å². The molecule has 1 unspecified atom stereocenters. The van der Waals surface area contributed by atoms with E-state index in [0.717, 1.165) is 29.1 Å². The minimum absolute atomic E-state index is 0.00172. The molecule has 5 rings (SSSR count). The number of imidazole rings is 1. The lowest BCUT2D eigenvalue weighted by Crippen LogP contribution is -2.36. The number of cyclic esters (lactones) is 1. The van der Waals surface area contributed by atoms with Crippen molar-refractivity contribution in [3.8, 4) is 0 Å². The van der Waals surface area contributed by atoms with E-state index >= 15 is 0 Å². The first-order valence-corrected chi connectivity index (χ1v) is 11.1. The summed E-state index contributed by atoms with van der Waals surface area (Å²) >= 11 is 5.96. The van der Waals surface area contributed by atoms with Gasteiger partial charge in [-0.05, 0) is 50.3 Å². The molecule has 2 atom stereocenters. The number of amides is 1. The van der Waals surface area contributed by atoms with Crippen molar-refractivity contribution in [2.75, 3.05) is 16.8 Å². The Bertz CT molecular complexity index is 1130. The molecule has 1 aliphatic heterocycles. The van der Waals surface area contributed by atoms with Gasteiger partial charge in [-0.2, -0.15) is 15.0 Å². The number of aryl methyl sites for hydroxylation is 1. The predicted octanol–water partition coefficient (Wildman–Crippen LogP) is 3.99. The van der Waals surface area contributed by atoms with E-state index in [1.807, 2.05) is 42.0 Å². The smallest absolute Gasteiger partial charge is 0.417 e. The van der Waals surface area contributed by atoms with Crippen LogP contribution in [-0.2, 0) is 11.3 Å². The van der Waals surface area contributed by atoms with Crippen LogP contribution < -0.4 is 10.2 Å². The zero-order valence-electron chi connectivity index (χ0n) is 17.9. The number of ether oxygens (including phenoxy) is 1. The van der Waals surface area contributed by atoms with Crippen LogP contribution in [-0.4, -0.2) is 43.2 Å². The minimum Gasteiger partial charge on any atom is -0.447 e. The number of hydrogen-bond donors (Lipinski definition) is 1. The summed E-state index contributed by atoms with van der Waals surface area (Å²) in [6, 6.07) is 7.61. The van der Waals surface area contributed by atoms with Crippen LogP contribution in [0.2, 0.25) is 5.02 Å². The lowest BCUT2D eigenvalue weighted by molar-refractivity contribution is 0.178. The zero-order chi connectivity index (χ0) is 22.2. The topological polar surface area (TPSA) is 98.1 Å². The van der Waals surface area contributed by atoms with Gasteiger partial charge in [0.25, 0.3) is 0 Å². The summed E-state index contributed by atoms with van der Waals surface area (Å²) in [5.74, 6) is 1.73. The highest BCUT2D eigenvalue weighted by molar-refractivity contribution is 6.30. The molecule has 1 amide bonds. The molecule has 166 valence electrons. The highest BCUT2D eigenvalue weighted by atomic mass is 35.5. The third-order valence-corrected chi connectivity index (χ3v) is 6.00. The van der Waals surface area contributed by atoms with E-state index in [1.165, 1.54) is 0 Å². The standard InChI is InChI=1S/C22H24ClN7O2/c1-13(18-10-29(12-24-18)9-15-3-7-17(23)8-4-15)25-20-26-14(2)27-21(28-20)30-19(16-5-6-16)11-32-22(30)31/h3-4,7-8,10,12-13,16,19H,5-6,9,11H2,1-2H3,(H,25,26,27,28)/t13-,19?/m0/s1. The maximum Gasteiger partial charge on any atom is 0.417 e. The molecule has 32 heavy (non-hydrogen) atoms. The van der Waals surface area contributed by atoms with Crippen LogP contribution in [0.15, 0.2) is 36.8 Å². The van der Waals surface area contributed by atoms with Crippen molar-refractivity contribution < 1.29 is 9.53 Å². The molecular weight excluding hydrogens is 430 g/mol. The first-order valence-electron chi connectivity index (χ1n) is 10.7. The first-order chi connectivity index (χ1) is 15.5. The number of carbonyl (C=O) groups is 1. The summed E-state index contributed by atoms with van der Waals surface area (Å²) < 4.78 is 7.28. The Kier molecular flexibility index (Phi) is 5.42. The van der Waals surface area contributed by atoms with Gasteiger partial charge in [-0.3, -0.25) is 0 Å². The van der Waals surface area contributed by atoms with Crippen molar-refractivity contribution >= 4 is 29.6 Å². The fraction of sp³-hybridized carbons (Fsp3) is 0.409. The Balaban J connectivity index is 1.30. The molecule has 2 aromatic heterocycles. The number of benzene rings is 1. The number of aromatic nitrogens is 5. The number of carbonyl (C=O) groups excluding carboxylic acids is 1. The highest BCUT2D eigenvalue weighted by Crippen LogP contribution is 2.39. The number of nitrogens with one attached hydrogen (secondary N) is 1. The largest absolute Gasteiger partial charge is 0.447 e. The second kappa shape index (κ2) is 8.38. The Morgan fingerprint density at radius 1 is 1.22 bits per heavy atom. The normalized spacial score (nSPS) is 19.2. The van der Waals surface area contributed by atoms with Crippen molar-refractivity contribution in [1.82, 2.24) is 24.5 Å². The average Bonchev–Trinajstić information content (AvgIpc) is 3.37. The third-order valence-electron chi connectivity index (χ3n) is 5.74. The fourth-order valence-corrected chi connectivity index (χ4v) is 4.02. The van der Waals surface area contributed by atoms with Gasteiger partial charge in [0.2, 0.25) is 11.9 Å². The van der Waals surface area contributed by atoms with Gasteiger partial charge in [-0.25, -0.2) is 14.7 Å². The van der Waals surface area contributed by atoms with Crippen molar-refractivity contribution in [2.24, 2.45) is 5.92 Å². The SMILES string of the molecule is Cc1nc(N[C@@H](C)c2cn(Cc3ccc(Cl)cc3)cn2)nc(N2C(=O)OCC2C2CC2)n1. The van der Waals surface area contributed by atoms with E-state index in [2.05, 4.69) is 25.3 Å². The van der Waals surface area contributed by atoms with Crippen molar-refractivity contribution in [2.45, 2.75) is 45.3 Å². The highest BCUT2D eigenvalue weighted by Gasteiger charge is 2.45. The van der Waals surface area contributed by atoms with Gasteiger partial charge >= 0.3 is 6.09 Å². The number of rotatable bonds is 7. The molecular formula is C22H24ClN7O2. The van der Waals surface area contributed by atoms with Gasteiger partial charge in [-0.1, -0.05) is 23.7 Å². The van der Waals surface area contributed by atoms with Crippen LogP contribution >= 0.6 is 11.6 Å². The molecule has 3 aromatic rings. The Morgan fingerprint density at radius 2 is 2.00 bits per heavy atom. The molecule has 1 N–H and O–H groups in total. The van der Waals surface area contributed by atoms with Crippen LogP contribution in [0.3, 0.4) is 0 Å². The van der Waals surface area contributed by atoms with E-state index in [4.69, 9.17) is 16.3 Å². The molecule has 1 saturated carbocycles. The molecule has 1 aliphatic carbocycles. The van der Waals surface area contributed by atoms with Crippen LogP contribution in [0.5, 0.6) is 0 Å². The Hall–Kier alpha value is -3.20. The maximum atomic E-state index is 12.3. The lowest BCUT2D eigenvalue weighted by Gasteiger charge is -2.20. The molecule has 2 fully saturated rings. The summed E-state index contributed by atoms with van der Waals surface area (Å²) in [5, 5.41) is 4.01. The van der Waals surface area contributed by atoms with E-state index in [-0.39, 0.29) is 12.1 Å². The van der Waals surface area contributed by atoms with Crippen molar-refractivity contribution in [3.05, 3.63) is 58.9 Å². The molecule has 3 heterocycles. The Labute approximate surface area is 190 Å². The van der Waals surface area contributed by atoms with E-state index in [1.54, 1.807) is 18.2 Å². The zero-order valence-corrected chi connectivity index (χ0v) is 18.7. The fourth-order valence-electron chi connectivity index (χ4n) is 3.89. The maximum absolute atomic E-state index is 12.3. The average molecular weight is 454 g/mol. The van der Waals surface area contributed by atoms with Crippen LogP contribution in [0.4, 0.5) is 16.7 Å². The number of halogens is 1. The van der Waals surface area contributed by atoms with E-state index in [9.17, 15) is 4.79 Å². The van der Waals surface area contributed by atoms with E-state index < -0.39 is 6.09 Å².